The van der Waals surface area contributed by atoms with Gasteiger partial charge in [0.05, 0.1) is 6.61 Å². The van der Waals surface area contributed by atoms with Gasteiger partial charge in [0.2, 0.25) is 11.8 Å². The van der Waals surface area contributed by atoms with Crippen LogP contribution in [0.2, 0.25) is 0 Å². The first-order valence-corrected chi connectivity index (χ1v) is 7.75. The molecule has 2 aliphatic rings. The summed E-state index contributed by atoms with van der Waals surface area (Å²) in [6, 6.07) is -0.501. The molecule has 1 atom stereocenters. The third kappa shape index (κ3) is 3.95. The summed E-state index contributed by atoms with van der Waals surface area (Å²) < 4.78 is 0. The summed E-state index contributed by atoms with van der Waals surface area (Å²) in [5.41, 5.74) is -0.0945. The first-order valence-electron chi connectivity index (χ1n) is 7.75. The van der Waals surface area contributed by atoms with E-state index in [-0.39, 0.29) is 29.8 Å². The largest absolute Gasteiger partial charge is 0.396 e. The maximum absolute atomic E-state index is 12.1. The van der Waals surface area contributed by atoms with Crippen LogP contribution in [0.3, 0.4) is 0 Å². The van der Waals surface area contributed by atoms with Gasteiger partial charge < -0.3 is 15.7 Å². The molecule has 2 amide bonds. The average molecular weight is 282 g/mol. The van der Waals surface area contributed by atoms with E-state index < -0.39 is 6.04 Å². The molecule has 0 aromatic heterocycles. The first-order chi connectivity index (χ1) is 9.56. The Hall–Kier alpha value is -1.10. The van der Waals surface area contributed by atoms with Crippen molar-refractivity contribution in [2.75, 3.05) is 13.2 Å². The highest BCUT2D eigenvalue weighted by Crippen LogP contribution is 2.44. The minimum absolute atomic E-state index is 0.00985. The summed E-state index contributed by atoms with van der Waals surface area (Å²) in [6.45, 7) is 2.34. The van der Waals surface area contributed by atoms with Gasteiger partial charge in [-0.1, -0.05) is 19.3 Å². The lowest BCUT2D eigenvalue weighted by Crippen LogP contribution is -2.48. The molecular formula is C15H26N2O3. The molecule has 0 heterocycles. The normalized spacial score (nSPS) is 22.9. The maximum atomic E-state index is 12.1. The third-order valence-electron chi connectivity index (χ3n) is 4.66. The Morgan fingerprint density at radius 2 is 1.90 bits per heavy atom. The molecule has 5 nitrogen and oxygen atoms in total. The third-order valence-corrected chi connectivity index (χ3v) is 4.66. The SMILES string of the molecule is CC(NC(=O)C1CCCCC1)C(=O)NCC1(CO)CC1. The molecule has 0 saturated heterocycles. The van der Waals surface area contributed by atoms with Gasteiger partial charge in [0, 0.05) is 17.9 Å². The van der Waals surface area contributed by atoms with Gasteiger partial charge >= 0.3 is 0 Å². The number of hydrogen-bond donors (Lipinski definition) is 3. The zero-order valence-electron chi connectivity index (χ0n) is 12.3. The molecule has 20 heavy (non-hydrogen) atoms. The molecule has 0 aromatic rings. The Labute approximate surface area is 120 Å². The zero-order valence-corrected chi connectivity index (χ0v) is 12.3. The second kappa shape index (κ2) is 6.57. The van der Waals surface area contributed by atoms with Crippen LogP contribution in [0, 0.1) is 11.3 Å². The second-order valence-electron chi connectivity index (χ2n) is 6.44. The van der Waals surface area contributed by atoms with E-state index in [2.05, 4.69) is 10.6 Å². The van der Waals surface area contributed by atoms with Crippen LogP contribution < -0.4 is 10.6 Å². The molecule has 3 N–H and O–H groups in total. The number of nitrogens with one attached hydrogen (secondary N) is 2. The number of amides is 2. The van der Waals surface area contributed by atoms with E-state index in [1.165, 1.54) is 6.42 Å². The molecule has 0 aliphatic heterocycles. The fraction of sp³-hybridized carbons (Fsp3) is 0.867. The molecule has 2 fully saturated rings. The summed E-state index contributed by atoms with van der Waals surface area (Å²) in [6.07, 6.45) is 7.24. The van der Waals surface area contributed by atoms with Crippen molar-refractivity contribution >= 4 is 11.8 Å². The predicted molar refractivity (Wildman–Crippen MR) is 75.9 cm³/mol. The molecule has 114 valence electrons. The van der Waals surface area contributed by atoms with Crippen molar-refractivity contribution in [1.29, 1.82) is 0 Å². The lowest BCUT2D eigenvalue weighted by atomic mass is 9.88. The van der Waals surface area contributed by atoms with E-state index in [4.69, 9.17) is 0 Å². The summed E-state index contributed by atoms with van der Waals surface area (Å²) in [5.74, 6) is -0.0734. The standard InChI is InChI=1S/C15H26N2O3/c1-11(13(19)16-9-15(10-18)7-8-15)17-14(20)12-5-3-2-4-6-12/h11-12,18H,2-10H2,1H3,(H,16,19)(H,17,20). The number of aliphatic hydroxyl groups excluding tert-OH is 1. The number of carbonyl (C=O) groups is 2. The van der Waals surface area contributed by atoms with Crippen LogP contribution in [0.25, 0.3) is 0 Å². The smallest absolute Gasteiger partial charge is 0.242 e. The van der Waals surface area contributed by atoms with Crippen LogP contribution in [-0.4, -0.2) is 36.1 Å². The van der Waals surface area contributed by atoms with E-state index in [1.54, 1.807) is 6.92 Å². The van der Waals surface area contributed by atoms with Crippen molar-refractivity contribution in [3.8, 4) is 0 Å². The Balaban J connectivity index is 1.71. The molecule has 1 unspecified atom stereocenters. The van der Waals surface area contributed by atoms with Crippen LogP contribution in [-0.2, 0) is 9.59 Å². The van der Waals surface area contributed by atoms with E-state index in [1.807, 2.05) is 0 Å². The zero-order chi connectivity index (χ0) is 14.6. The quantitative estimate of drug-likeness (QED) is 0.679. The molecule has 0 radical (unpaired) electrons. The highest BCUT2D eigenvalue weighted by atomic mass is 16.3. The van der Waals surface area contributed by atoms with Crippen molar-refractivity contribution in [3.05, 3.63) is 0 Å². The lowest BCUT2D eigenvalue weighted by molar-refractivity contribution is -0.131. The summed E-state index contributed by atoms with van der Waals surface area (Å²) >= 11 is 0. The van der Waals surface area contributed by atoms with Gasteiger partial charge in [0.1, 0.15) is 6.04 Å². The van der Waals surface area contributed by atoms with Gasteiger partial charge in [0.15, 0.2) is 0 Å². The summed E-state index contributed by atoms with van der Waals surface area (Å²) in [7, 11) is 0. The van der Waals surface area contributed by atoms with Crippen molar-refractivity contribution in [2.45, 2.75) is 57.9 Å². The van der Waals surface area contributed by atoms with Crippen LogP contribution in [0.5, 0.6) is 0 Å². The van der Waals surface area contributed by atoms with Crippen LogP contribution >= 0.6 is 0 Å². The predicted octanol–water partition coefficient (Wildman–Crippen LogP) is 0.960. The molecule has 2 aliphatic carbocycles. The van der Waals surface area contributed by atoms with Crippen LogP contribution in [0.15, 0.2) is 0 Å². The van der Waals surface area contributed by atoms with Crippen LogP contribution in [0.4, 0.5) is 0 Å². The van der Waals surface area contributed by atoms with E-state index >= 15 is 0 Å². The minimum Gasteiger partial charge on any atom is -0.396 e. The van der Waals surface area contributed by atoms with Gasteiger partial charge in [-0.3, -0.25) is 9.59 Å². The van der Waals surface area contributed by atoms with Crippen LogP contribution in [0.1, 0.15) is 51.9 Å². The van der Waals surface area contributed by atoms with E-state index in [9.17, 15) is 14.7 Å². The Kier molecular flexibility index (Phi) is 5.02. The first kappa shape index (κ1) is 15.3. The van der Waals surface area contributed by atoms with Crippen molar-refractivity contribution in [1.82, 2.24) is 10.6 Å². The minimum atomic E-state index is -0.501. The maximum Gasteiger partial charge on any atom is 0.242 e. The molecule has 0 aromatic carbocycles. The fourth-order valence-corrected chi connectivity index (χ4v) is 2.76. The Bertz CT molecular complexity index is 360. The number of hydrogen-bond acceptors (Lipinski definition) is 3. The van der Waals surface area contributed by atoms with Gasteiger partial charge in [0.25, 0.3) is 0 Å². The summed E-state index contributed by atoms with van der Waals surface area (Å²) in [5, 5.41) is 14.8. The summed E-state index contributed by atoms with van der Waals surface area (Å²) in [4.78, 5) is 24.0. The van der Waals surface area contributed by atoms with Gasteiger partial charge in [-0.2, -0.15) is 0 Å². The highest BCUT2D eigenvalue weighted by molar-refractivity contribution is 5.88. The average Bonchev–Trinajstić information content (AvgIpc) is 3.26. The highest BCUT2D eigenvalue weighted by Gasteiger charge is 2.42. The van der Waals surface area contributed by atoms with Gasteiger partial charge in [-0.05, 0) is 32.6 Å². The topological polar surface area (TPSA) is 78.4 Å². The van der Waals surface area contributed by atoms with Gasteiger partial charge in [-0.15, -0.1) is 0 Å². The van der Waals surface area contributed by atoms with Crippen molar-refractivity contribution in [2.24, 2.45) is 11.3 Å². The van der Waals surface area contributed by atoms with E-state index in [0.29, 0.717) is 6.54 Å². The number of aliphatic hydroxyl groups is 1. The monoisotopic (exact) mass is 282 g/mol. The number of rotatable bonds is 6. The second-order valence-corrected chi connectivity index (χ2v) is 6.44. The fourth-order valence-electron chi connectivity index (χ4n) is 2.76. The molecule has 2 rings (SSSR count). The molecular weight excluding hydrogens is 256 g/mol. The number of carbonyl (C=O) groups excluding carboxylic acids is 2. The Morgan fingerprint density at radius 1 is 1.25 bits per heavy atom. The lowest BCUT2D eigenvalue weighted by Gasteiger charge is -2.23. The van der Waals surface area contributed by atoms with E-state index in [0.717, 1.165) is 38.5 Å². The molecule has 2 saturated carbocycles. The Morgan fingerprint density at radius 3 is 2.45 bits per heavy atom. The molecule has 0 bridgehead atoms. The molecule has 0 spiro atoms. The molecule has 5 heteroatoms. The van der Waals surface area contributed by atoms with Gasteiger partial charge in [-0.25, -0.2) is 0 Å². The van der Waals surface area contributed by atoms with Crippen molar-refractivity contribution < 1.29 is 14.7 Å². The van der Waals surface area contributed by atoms with Crippen molar-refractivity contribution in [3.63, 3.8) is 0 Å².